The van der Waals surface area contributed by atoms with E-state index >= 15 is 0 Å². The van der Waals surface area contributed by atoms with Crippen molar-refractivity contribution >= 4 is 39.1 Å². The van der Waals surface area contributed by atoms with Gasteiger partial charge in [-0.25, -0.2) is 0 Å². The zero-order chi connectivity index (χ0) is 19.7. The predicted octanol–water partition coefficient (Wildman–Crippen LogP) is 5.79. The van der Waals surface area contributed by atoms with Gasteiger partial charge in [0, 0.05) is 40.5 Å². The van der Waals surface area contributed by atoms with Crippen molar-refractivity contribution < 1.29 is 4.92 Å². The molecule has 0 aliphatic heterocycles. The van der Waals surface area contributed by atoms with E-state index in [1.165, 1.54) is 23.0 Å². The van der Waals surface area contributed by atoms with E-state index in [0.29, 0.717) is 11.1 Å². The third kappa shape index (κ3) is 2.91. The Bertz CT molecular complexity index is 1280. The molecule has 5 heteroatoms. The van der Waals surface area contributed by atoms with Crippen LogP contribution in [0.25, 0.3) is 33.5 Å². The normalized spacial score (nSPS) is 11.6. The summed E-state index contributed by atoms with van der Waals surface area (Å²) in [7, 11) is 0. The minimum absolute atomic E-state index is 0.00911. The number of aryl methyl sites for hydroxylation is 1. The topological polar surface area (TPSA) is 71.9 Å². The second-order valence-electron chi connectivity index (χ2n) is 6.51. The van der Waals surface area contributed by atoms with Crippen molar-refractivity contribution in [2.24, 2.45) is 0 Å². The number of nitro benzene ring substituents is 1. The van der Waals surface area contributed by atoms with Crippen LogP contribution in [0.1, 0.15) is 18.1 Å². The lowest BCUT2D eigenvalue weighted by Gasteiger charge is -2.03. The average Bonchev–Trinajstić information content (AvgIpc) is 3.05. The molecular weight excluding hydrogens is 350 g/mol. The summed E-state index contributed by atoms with van der Waals surface area (Å²) in [6, 6.07) is 22.7. The Hall–Kier alpha value is -3.91. The SMILES string of the molecule is CCn1c2ccccc2c2cc(C=C(C#N)c3ccc([N+](=O)[O-])cc3)ccc21. The van der Waals surface area contributed by atoms with Gasteiger partial charge in [0.05, 0.1) is 16.6 Å². The maximum absolute atomic E-state index is 10.8. The van der Waals surface area contributed by atoms with E-state index in [1.54, 1.807) is 12.1 Å². The number of rotatable bonds is 4. The Kier molecular flexibility index (Phi) is 4.38. The van der Waals surface area contributed by atoms with E-state index in [9.17, 15) is 15.4 Å². The summed E-state index contributed by atoms with van der Waals surface area (Å²) in [5.41, 5.74) is 4.40. The molecule has 28 heavy (non-hydrogen) atoms. The lowest BCUT2D eigenvalue weighted by Crippen LogP contribution is -1.92. The standard InChI is InChI=1S/C23H17N3O2/c1-2-25-22-6-4-3-5-20(22)21-14-16(7-12-23(21)25)13-18(15-24)17-8-10-19(11-9-17)26(27)28/h3-14H,2H2,1H3. The van der Waals surface area contributed by atoms with E-state index in [4.69, 9.17) is 0 Å². The van der Waals surface area contributed by atoms with Crippen LogP contribution >= 0.6 is 0 Å². The Morgan fingerprint density at radius 3 is 2.46 bits per heavy atom. The van der Waals surface area contributed by atoms with E-state index < -0.39 is 4.92 Å². The van der Waals surface area contributed by atoms with Crippen LogP contribution in [-0.2, 0) is 6.54 Å². The fourth-order valence-electron chi connectivity index (χ4n) is 3.61. The zero-order valence-corrected chi connectivity index (χ0v) is 15.3. The summed E-state index contributed by atoms with van der Waals surface area (Å²) < 4.78 is 2.28. The van der Waals surface area contributed by atoms with Gasteiger partial charge in [0.25, 0.3) is 5.69 Å². The molecule has 0 unspecified atom stereocenters. The molecule has 0 atom stereocenters. The lowest BCUT2D eigenvalue weighted by atomic mass is 10.0. The van der Waals surface area contributed by atoms with E-state index in [-0.39, 0.29) is 5.69 Å². The summed E-state index contributed by atoms with van der Waals surface area (Å²) in [6.07, 6.45) is 1.82. The van der Waals surface area contributed by atoms with Crippen LogP contribution in [0.3, 0.4) is 0 Å². The Balaban J connectivity index is 1.83. The summed E-state index contributed by atoms with van der Waals surface area (Å²) in [4.78, 5) is 10.4. The smallest absolute Gasteiger partial charge is 0.269 e. The number of allylic oxidation sites excluding steroid dienone is 1. The molecule has 0 aliphatic carbocycles. The summed E-state index contributed by atoms with van der Waals surface area (Å²) in [5, 5.41) is 22.7. The number of nitriles is 1. The van der Waals surface area contributed by atoms with Crippen LogP contribution in [0.4, 0.5) is 5.69 Å². The zero-order valence-electron chi connectivity index (χ0n) is 15.3. The first-order valence-corrected chi connectivity index (χ1v) is 9.00. The summed E-state index contributed by atoms with van der Waals surface area (Å²) in [5.74, 6) is 0. The first kappa shape index (κ1) is 17.5. The van der Waals surface area contributed by atoms with Crippen LogP contribution in [0.2, 0.25) is 0 Å². The molecule has 3 aromatic carbocycles. The van der Waals surface area contributed by atoms with Gasteiger partial charge in [-0.2, -0.15) is 5.26 Å². The maximum Gasteiger partial charge on any atom is 0.269 e. The van der Waals surface area contributed by atoms with Gasteiger partial charge in [0.1, 0.15) is 0 Å². The molecule has 0 bridgehead atoms. The molecule has 136 valence electrons. The highest BCUT2D eigenvalue weighted by Crippen LogP contribution is 2.31. The number of para-hydroxylation sites is 1. The van der Waals surface area contributed by atoms with Gasteiger partial charge in [0.15, 0.2) is 0 Å². The van der Waals surface area contributed by atoms with Crippen molar-refractivity contribution in [2.75, 3.05) is 0 Å². The first-order valence-electron chi connectivity index (χ1n) is 9.00. The van der Waals surface area contributed by atoms with Crippen molar-refractivity contribution in [3.63, 3.8) is 0 Å². The number of aromatic nitrogens is 1. The summed E-state index contributed by atoms with van der Waals surface area (Å²) >= 11 is 0. The fourth-order valence-corrected chi connectivity index (χ4v) is 3.61. The second-order valence-corrected chi connectivity index (χ2v) is 6.51. The molecule has 1 aromatic heterocycles. The van der Waals surface area contributed by atoms with Crippen molar-refractivity contribution in [2.45, 2.75) is 13.5 Å². The molecule has 4 rings (SSSR count). The van der Waals surface area contributed by atoms with Crippen LogP contribution in [-0.4, -0.2) is 9.49 Å². The van der Waals surface area contributed by atoms with Gasteiger partial charge in [-0.3, -0.25) is 10.1 Å². The Morgan fingerprint density at radius 1 is 1.07 bits per heavy atom. The maximum atomic E-state index is 10.8. The number of hydrogen-bond acceptors (Lipinski definition) is 3. The molecule has 0 spiro atoms. The minimum Gasteiger partial charge on any atom is -0.341 e. The molecule has 0 saturated carbocycles. The van der Waals surface area contributed by atoms with Gasteiger partial charge in [-0.05, 0) is 54.5 Å². The number of nitrogens with zero attached hydrogens (tertiary/aromatic N) is 3. The van der Waals surface area contributed by atoms with Crippen molar-refractivity contribution in [3.8, 4) is 6.07 Å². The highest BCUT2D eigenvalue weighted by atomic mass is 16.6. The van der Waals surface area contributed by atoms with Crippen molar-refractivity contribution in [1.82, 2.24) is 4.57 Å². The molecule has 0 saturated heterocycles. The largest absolute Gasteiger partial charge is 0.341 e. The van der Waals surface area contributed by atoms with Gasteiger partial charge >= 0.3 is 0 Å². The number of fused-ring (bicyclic) bond motifs is 3. The molecule has 1 heterocycles. The van der Waals surface area contributed by atoms with Crippen molar-refractivity contribution in [3.05, 3.63) is 88.0 Å². The van der Waals surface area contributed by atoms with Crippen LogP contribution in [0.15, 0.2) is 66.7 Å². The highest BCUT2D eigenvalue weighted by molar-refractivity contribution is 6.09. The minimum atomic E-state index is -0.447. The molecule has 5 nitrogen and oxygen atoms in total. The van der Waals surface area contributed by atoms with Crippen molar-refractivity contribution in [1.29, 1.82) is 5.26 Å². The first-order chi connectivity index (χ1) is 13.6. The third-order valence-corrected chi connectivity index (χ3v) is 4.93. The van der Waals surface area contributed by atoms with E-state index in [2.05, 4.69) is 41.8 Å². The quantitative estimate of drug-likeness (QED) is 0.198. The monoisotopic (exact) mass is 367 g/mol. The third-order valence-electron chi connectivity index (χ3n) is 4.93. The van der Waals surface area contributed by atoms with E-state index in [1.807, 2.05) is 24.3 Å². The predicted molar refractivity (Wildman–Crippen MR) is 112 cm³/mol. The Morgan fingerprint density at radius 2 is 1.79 bits per heavy atom. The molecular formula is C23H17N3O2. The number of nitro groups is 1. The van der Waals surface area contributed by atoms with Crippen LogP contribution in [0, 0.1) is 21.4 Å². The van der Waals surface area contributed by atoms with E-state index in [0.717, 1.165) is 23.0 Å². The van der Waals surface area contributed by atoms with Gasteiger partial charge in [-0.15, -0.1) is 0 Å². The number of benzene rings is 3. The van der Waals surface area contributed by atoms with Gasteiger partial charge in [-0.1, -0.05) is 24.3 Å². The molecule has 0 radical (unpaired) electrons. The molecule has 0 N–H and O–H groups in total. The van der Waals surface area contributed by atoms with Crippen LogP contribution < -0.4 is 0 Å². The highest BCUT2D eigenvalue weighted by Gasteiger charge is 2.10. The number of hydrogen-bond donors (Lipinski definition) is 0. The molecule has 0 fully saturated rings. The summed E-state index contributed by atoms with van der Waals surface area (Å²) in [6.45, 7) is 3.01. The van der Waals surface area contributed by atoms with Gasteiger partial charge < -0.3 is 4.57 Å². The molecule has 0 aliphatic rings. The number of non-ortho nitro benzene ring substituents is 1. The second kappa shape index (κ2) is 7.01. The lowest BCUT2D eigenvalue weighted by molar-refractivity contribution is -0.384. The average molecular weight is 367 g/mol. The molecule has 4 aromatic rings. The Labute approximate surface area is 161 Å². The van der Waals surface area contributed by atoms with Gasteiger partial charge in [0.2, 0.25) is 0 Å². The van der Waals surface area contributed by atoms with Crippen LogP contribution in [0.5, 0.6) is 0 Å². The molecule has 0 amide bonds. The fraction of sp³-hybridized carbons (Fsp3) is 0.0870.